The molecule has 0 unspecified atom stereocenters. The number of aromatic nitrogens is 2. The Hall–Kier alpha value is -2.78. The Morgan fingerprint density at radius 3 is 2.71 bits per heavy atom. The van der Waals surface area contributed by atoms with Crippen LogP contribution in [0.3, 0.4) is 0 Å². The fourth-order valence-corrected chi connectivity index (χ4v) is 5.69. The van der Waals surface area contributed by atoms with Crippen LogP contribution in [0.25, 0.3) is 21.5 Å². The van der Waals surface area contributed by atoms with Crippen molar-refractivity contribution in [1.82, 2.24) is 15.0 Å². The highest BCUT2D eigenvalue weighted by Crippen LogP contribution is 2.36. The van der Waals surface area contributed by atoms with E-state index in [1.807, 2.05) is 18.2 Å². The second kappa shape index (κ2) is 10.1. The topological polar surface area (TPSA) is 71.7 Å². The van der Waals surface area contributed by atoms with Crippen molar-refractivity contribution >= 4 is 44.2 Å². The summed E-state index contributed by atoms with van der Waals surface area (Å²) in [5.74, 6) is 0.259. The number of fused-ring (bicyclic) bond motifs is 1. The summed E-state index contributed by atoms with van der Waals surface area (Å²) >= 11 is 7.99. The SMILES string of the molecule is Cc1cc(C)c2sc(N(CCN3CCOCC3)C(=O)c3c(-c4ccccc4Cl)noc3C)nc2c1. The predicted octanol–water partition coefficient (Wildman–Crippen LogP) is 5.51. The summed E-state index contributed by atoms with van der Waals surface area (Å²) in [7, 11) is 0. The van der Waals surface area contributed by atoms with Gasteiger partial charge in [-0.1, -0.05) is 52.4 Å². The molecule has 0 N–H and O–H groups in total. The minimum Gasteiger partial charge on any atom is -0.379 e. The van der Waals surface area contributed by atoms with Crippen LogP contribution in [0.2, 0.25) is 5.02 Å². The summed E-state index contributed by atoms with van der Waals surface area (Å²) in [4.78, 5) is 23.1. The number of morpholine rings is 1. The normalized spacial score (nSPS) is 14.5. The second-order valence-corrected chi connectivity index (χ2v) is 10.2. The van der Waals surface area contributed by atoms with Gasteiger partial charge in [-0.25, -0.2) is 4.98 Å². The predicted molar refractivity (Wildman–Crippen MR) is 140 cm³/mol. The third kappa shape index (κ3) is 4.84. The summed E-state index contributed by atoms with van der Waals surface area (Å²) in [6.07, 6.45) is 0. The van der Waals surface area contributed by atoms with Gasteiger partial charge in [0.1, 0.15) is 17.0 Å². The molecule has 2 aromatic heterocycles. The molecule has 35 heavy (non-hydrogen) atoms. The number of aryl methyl sites for hydroxylation is 3. The van der Waals surface area contributed by atoms with Gasteiger partial charge in [-0.2, -0.15) is 0 Å². The molecule has 5 rings (SSSR count). The maximum absolute atomic E-state index is 14.1. The van der Waals surface area contributed by atoms with Gasteiger partial charge in [0.2, 0.25) is 0 Å². The van der Waals surface area contributed by atoms with Crippen LogP contribution >= 0.6 is 22.9 Å². The quantitative estimate of drug-likeness (QED) is 0.340. The number of carbonyl (C=O) groups excluding carboxylic acids is 1. The van der Waals surface area contributed by atoms with Crippen molar-refractivity contribution in [3.05, 3.63) is 63.9 Å². The molecule has 0 bridgehead atoms. The number of benzene rings is 2. The van der Waals surface area contributed by atoms with Crippen LogP contribution in [0, 0.1) is 20.8 Å². The fourth-order valence-electron chi connectivity index (χ4n) is 4.43. The summed E-state index contributed by atoms with van der Waals surface area (Å²) in [6.45, 7) is 10.2. The Balaban J connectivity index is 1.56. The van der Waals surface area contributed by atoms with Gasteiger partial charge in [-0.3, -0.25) is 14.6 Å². The number of nitrogens with zero attached hydrogens (tertiary/aromatic N) is 4. The van der Waals surface area contributed by atoms with E-state index in [1.165, 1.54) is 11.3 Å². The van der Waals surface area contributed by atoms with Crippen LogP contribution in [-0.2, 0) is 4.74 Å². The summed E-state index contributed by atoms with van der Waals surface area (Å²) in [6, 6.07) is 11.5. The van der Waals surface area contributed by atoms with Crippen LogP contribution < -0.4 is 4.90 Å². The van der Waals surface area contributed by atoms with E-state index in [2.05, 4.69) is 36.0 Å². The first-order chi connectivity index (χ1) is 16.9. The number of amides is 1. The van der Waals surface area contributed by atoms with Crippen LogP contribution in [-0.4, -0.2) is 60.3 Å². The first kappa shape index (κ1) is 23.9. The average Bonchev–Trinajstić information content (AvgIpc) is 3.44. The van der Waals surface area contributed by atoms with Gasteiger partial charge in [0.05, 0.1) is 28.5 Å². The van der Waals surface area contributed by atoms with E-state index in [-0.39, 0.29) is 5.91 Å². The van der Waals surface area contributed by atoms with Crippen molar-refractivity contribution < 1.29 is 14.1 Å². The first-order valence-corrected chi connectivity index (χ1v) is 12.8. The monoisotopic (exact) mass is 510 g/mol. The summed E-state index contributed by atoms with van der Waals surface area (Å²) in [5, 5.41) is 5.39. The molecule has 182 valence electrons. The van der Waals surface area contributed by atoms with E-state index in [0.717, 1.165) is 41.0 Å². The summed E-state index contributed by atoms with van der Waals surface area (Å²) in [5.41, 5.74) is 4.73. The summed E-state index contributed by atoms with van der Waals surface area (Å²) < 4.78 is 12.1. The van der Waals surface area contributed by atoms with Crippen LogP contribution in [0.4, 0.5) is 5.13 Å². The molecule has 1 amide bonds. The molecule has 0 atom stereocenters. The van der Waals surface area contributed by atoms with Crippen LogP contribution in [0.5, 0.6) is 0 Å². The number of hydrogen-bond donors (Lipinski definition) is 0. The molecule has 9 heteroatoms. The molecule has 1 saturated heterocycles. The zero-order valence-electron chi connectivity index (χ0n) is 20.0. The lowest BCUT2D eigenvalue weighted by atomic mass is 10.1. The maximum atomic E-state index is 14.1. The first-order valence-electron chi connectivity index (χ1n) is 11.6. The molecule has 1 aliphatic rings. The van der Waals surface area contributed by atoms with Gasteiger partial charge in [-0.05, 0) is 44.0 Å². The molecule has 0 saturated carbocycles. The third-order valence-corrected chi connectivity index (χ3v) is 7.79. The number of rotatable bonds is 6. The number of ether oxygens (including phenoxy) is 1. The van der Waals surface area contributed by atoms with E-state index < -0.39 is 0 Å². The molecule has 3 heterocycles. The maximum Gasteiger partial charge on any atom is 0.266 e. The molecule has 1 aliphatic heterocycles. The Labute approximate surface area is 213 Å². The number of hydrogen-bond acceptors (Lipinski definition) is 7. The Bertz CT molecular complexity index is 1380. The molecule has 2 aromatic carbocycles. The van der Waals surface area contributed by atoms with Crippen molar-refractivity contribution in [2.75, 3.05) is 44.3 Å². The minimum atomic E-state index is -0.194. The zero-order valence-corrected chi connectivity index (χ0v) is 21.6. The third-order valence-electron chi connectivity index (χ3n) is 6.23. The van der Waals surface area contributed by atoms with E-state index in [1.54, 1.807) is 17.9 Å². The average molecular weight is 511 g/mol. The standard InChI is InChI=1S/C26H27ClN4O3S/c1-16-14-17(2)24-21(15-16)28-26(35-24)31(9-8-30-10-12-33-13-11-30)25(32)22-18(3)34-29-23(22)19-6-4-5-7-20(19)27/h4-7,14-15H,8-13H2,1-3H3. The van der Waals surface area contributed by atoms with Crippen molar-refractivity contribution in [1.29, 1.82) is 0 Å². The van der Waals surface area contributed by atoms with E-state index in [0.29, 0.717) is 52.5 Å². The Morgan fingerprint density at radius 2 is 1.94 bits per heavy atom. The molecule has 7 nitrogen and oxygen atoms in total. The van der Waals surface area contributed by atoms with Crippen LogP contribution in [0.15, 0.2) is 40.9 Å². The lowest BCUT2D eigenvalue weighted by Gasteiger charge is -2.29. The van der Waals surface area contributed by atoms with Crippen molar-refractivity contribution in [2.45, 2.75) is 20.8 Å². The molecule has 4 aromatic rings. The van der Waals surface area contributed by atoms with E-state index >= 15 is 0 Å². The lowest BCUT2D eigenvalue weighted by molar-refractivity contribution is 0.0391. The number of anilines is 1. The number of carbonyl (C=O) groups is 1. The van der Waals surface area contributed by atoms with E-state index in [4.69, 9.17) is 25.8 Å². The Kier molecular flexibility index (Phi) is 6.88. The van der Waals surface area contributed by atoms with Gasteiger partial charge in [0.25, 0.3) is 5.91 Å². The van der Waals surface area contributed by atoms with Gasteiger partial charge in [0, 0.05) is 31.7 Å². The molecular formula is C26H27ClN4O3S. The van der Waals surface area contributed by atoms with Crippen molar-refractivity contribution in [2.24, 2.45) is 0 Å². The highest BCUT2D eigenvalue weighted by Gasteiger charge is 2.30. The minimum absolute atomic E-state index is 0.194. The second-order valence-electron chi connectivity index (χ2n) is 8.78. The number of thiazole rings is 1. The molecule has 0 radical (unpaired) electrons. The Morgan fingerprint density at radius 1 is 1.17 bits per heavy atom. The molecule has 0 spiro atoms. The van der Waals surface area contributed by atoms with Gasteiger partial charge in [-0.15, -0.1) is 0 Å². The van der Waals surface area contributed by atoms with Gasteiger partial charge >= 0.3 is 0 Å². The largest absolute Gasteiger partial charge is 0.379 e. The van der Waals surface area contributed by atoms with E-state index in [9.17, 15) is 4.79 Å². The van der Waals surface area contributed by atoms with Crippen molar-refractivity contribution in [3.8, 4) is 11.3 Å². The smallest absolute Gasteiger partial charge is 0.266 e. The molecular weight excluding hydrogens is 484 g/mol. The fraction of sp³-hybridized carbons (Fsp3) is 0.346. The highest BCUT2D eigenvalue weighted by molar-refractivity contribution is 7.22. The molecule has 0 aliphatic carbocycles. The van der Waals surface area contributed by atoms with Crippen molar-refractivity contribution in [3.63, 3.8) is 0 Å². The highest BCUT2D eigenvalue weighted by atomic mass is 35.5. The number of halogens is 1. The lowest BCUT2D eigenvalue weighted by Crippen LogP contribution is -2.43. The van der Waals surface area contributed by atoms with Gasteiger partial charge in [0.15, 0.2) is 5.13 Å². The van der Waals surface area contributed by atoms with Gasteiger partial charge < -0.3 is 9.26 Å². The van der Waals surface area contributed by atoms with Crippen LogP contribution in [0.1, 0.15) is 27.2 Å². The zero-order chi connectivity index (χ0) is 24.5. The molecule has 1 fully saturated rings.